The molecule has 1 rings (SSSR count). The summed E-state index contributed by atoms with van der Waals surface area (Å²) < 4.78 is 5.45. The zero-order valence-electron chi connectivity index (χ0n) is 16.5. The first kappa shape index (κ1) is 23.9. The monoisotopic (exact) mass is 454 g/mol. The normalized spacial score (nSPS) is 17.7. The fourth-order valence-electron chi connectivity index (χ4n) is 2.90. The van der Waals surface area contributed by atoms with Crippen LogP contribution in [0.4, 0.5) is 0 Å². The summed E-state index contributed by atoms with van der Waals surface area (Å²) in [6, 6.07) is 0.594. The average Bonchev–Trinajstić information content (AvgIpc) is 3.02. The summed E-state index contributed by atoms with van der Waals surface area (Å²) >= 11 is 0. The van der Waals surface area contributed by atoms with E-state index in [0.717, 1.165) is 19.0 Å². The molecule has 1 unspecified atom stereocenters. The van der Waals surface area contributed by atoms with E-state index in [1.165, 1.54) is 32.4 Å². The fraction of sp³-hybridized carbons (Fsp3) is 0.944. The molecule has 0 aromatic carbocycles. The molecule has 0 radical (unpaired) electrons. The van der Waals surface area contributed by atoms with Gasteiger partial charge in [-0.15, -0.1) is 24.0 Å². The minimum Gasteiger partial charge on any atom is -0.377 e. The zero-order valence-corrected chi connectivity index (χ0v) is 18.9. The van der Waals surface area contributed by atoms with Crippen molar-refractivity contribution < 1.29 is 4.74 Å². The quantitative estimate of drug-likeness (QED) is 0.320. The van der Waals surface area contributed by atoms with Gasteiger partial charge in [0.05, 0.1) is 12.1 Å². The van der Waals surface area contributed by atoms with Gasteiger partial charge in [-0.25, -0.2) is 0 Å². The second-order valence-corrected chi connectivity index (χ2v) is 7.57. The predicted octanol–water partition coefficient (Wildman–Crippen LogP) is 3.10. The Hall–Kier alpha value is -0.0800. The maximum Gasteiger partial charge on any atom is 0.191 e. The van der Waals surface area contributed by atoms with Crippen molar-refractivity contribution in [2.24, 2.45) is 10.9 Å². The number of nitrogens with zero attached hydrogens (tertiary/aromatic N) is 2. The van der Waals surface area contributed by atoms with Gasteiger partial charge in [-0.3, -0.25) is 9.89 Å². The van der Waals surface area contributed by atoms with E-state index in [0.29, 0.717) is 18.5 Å². The third-order valence-electron chi connectivity index (χ3n) is 4.42. The third kappa shape index (κ3) is 9.42. The van der Waals surface area contributed by atoms with E-state index in [-0.39, 0.29) is 29.6 Å². The van der Waals surface area contributed by atoms with E-state index in [9.17, 15) is 0 Å². The molecule has 0 saturated carbocycles. The summed E-state index contributed by atoms with van der Waals surface area (Å²) in [6.45, 7) is 15.8. The first-order chi connectivity index (χ1) is 10.9. The number of rotatable bonds is 9. The van der Waals surface area contributed by atoms with Crippen LogP contribution in [-0.2, 0) is 4.74 Å². The van der Waals surface area contributed by atoms with Crippen molar-refractivity contribution in [2.75, 3.05) is 39.8 Å². The molecule has 0 aromatic rings. The number of methoxy groups -OCH3 is 1. The molecule has 0 amide bonds. The van der Waals surface area contributed by atoms with Gasteiger partial charge >= 0.3 is 0 Å². The minimum atomic E-state index is -0.228. The molecule has 5 nitrogen and oxygen atoms in total. The molecular weight excluding hydrogens is 415 g/mol. The van der Waals surface area contributed by atoms with Crippen LogP contribution in [0.3, 0.4) is 0 Å². The van der Waals surface area contributed by atoms with E-state index in [1.807, 2.05) is 0 Å². The van der Waals surface area contributed by atoms with Crippen molar-refractivity contribution >= 4 is 29.9 Å². The molecule has 1 atom stereocenters. The first-order valence-corrected chi connectivity index (χ1v) is 9.19. The molecule has 0 aromatic heterocycles. The van der Waals surface area contributed by atoms with Crippen LogP contribution < -0.4 is 10.6 Å². The van der Waals surface area contributed by atoms with Crippen LogP contribution in [0.1, 0.15) is 53.9 Å². The van der Waals surface area contributed by atoms with Crippen molar-refractivity contribution in [2.45, 2.75) is 65.5 Å². The Morgan fingerprint density at radius 1 is 1.21 bits per heavy atom. The molecule has 1 heterocycles. The van der Waals surface area contributed by atoms with Gasteiger partial charge < -0.3 is 15.4 Å². The Kier molecular flexibility index (Phi) is 12.3. The van der Waals surface area contributed by atoms with Crippen molar-refractivity contribution in [1.29, 1.82) is 0 Å². The lowest BCUT2D eigenvalue weighted by Crippen LogP contribution is -2.47. The Labute approximate surface area is 166 Å². The fourth-order valence-corrected chi connectivity index (χ4v) is 2.90. The number of aliphatic imine (C=N–C) groups is 1. The summed E-state index contributed by atoms with van der Waals surface area (Å²) in [6.07, 6.45) is 3.91. The van der Waals surface area contributed by atoms with Crippen LogP contribution in [0.25, 0.3) is 0 Å². The summed E-state index contributed by atoms with van der Waals surface area (Å²) in [4.78, 5) is 7.32. The molecule has 0 spiro atoms. The van der Waals surface area contributed by atoms with Gasteiger partial charge in [0.1, 0.15) is 0 Å². The van der Waals surface area contributed by atoms with Gasteiger partial charge in [0.2, 0.25) is 0 Å². The highest BCUT2D eigenvalue weighted by Gasteiger charge is 2.23. The van der Waals surface area contributed by atoms with E-state index in [4.69, 9.17) is 4.74 Å². The molecule has 144 valence electrons. The SMILES string of the molecule is CCNC(=NCC(C)(C)OC)NCC(CC(C)C)N1CCCC1.I. The summed E-state index contributed by atoms with van der Waals surface area (Å²) in [5.41, 5.74) is -0.228. The maximum absolute atomic E-state index is 5.45. The number of ether oxygens (including phenoxy) is 1. The molecule has 1 aliphatic rings. The summed E-state index contributed by atoms with van der Waals surface area (Å²) in [5, 5.41) is 6.88. The van der Waals surface area contributed by atoms with Crippen LogP contribution in [0.2, 0.25) is 0 Å². The number of hydrogen-bond donors (Lipinski definition) is 2. The Bertz CT molecular complexity index is 355. The molecule has 6 heteroatoms. The largest absolute Gasteiger partial charge is 0.377 e. The van der Waals surface area contributed by atoms with Crippen molar-refractivity contribution in [3.8, 4) is 0 Å². The van der Waals surface area contributed by atoms with Gasteiger partial charge in [0.25, 0.3) is 0 Å². The Morgan fingerprint density at radius 3 is 2.33 bits per heavy atom. The van der Waals surface area contributed by atoms with Gasteiger partial charge in [-0.05, 0) is 59.0 Å². The van der Waals surface area contributed by atoms with Gasteiger partial charge in [-0.2, -0.15) is 0 Å². The Morgan fingerprint density at radius 2 is 1.83 bits per heavy atom. The Balaban J connectivity index is 0.00000529. The van der Waals surface area contributed by atoms with Crippen LogP contribution in [0, 0.1) is 5.92 Å². The van der Waals surface area contributed by atoms with E-state index >= 15 is 0 Å². The number of nitrogens with one attached hydrogen (secondary N) is 2. The second-order valence-electron chi connectivity index (χ2n) is 7.57. The average molecular weight is 454 g/mol. The highest BCUT2D eigenvalue weighted by molar-refractivity contribution is 14.0. The number of halogens is 1. The van der Waals surface area contributed by atoms with Gasteiger partial charge in [-0.1, -0.05) is 13.8 Å². The topological polar surface area (TPSA) is 48.9 Å². The summed E-state index contributed by atoms with van der Waals surface area (Å²) in [5.74, 6) is 1.61. The van der Waals surface area contributed by atoms with Gasteiger partial charge in [0, 0.05) is 26.2 Å². The van der Waals surface area contributed by atoms with Crippen LogP contribution >= 0.6 is 24.0 Å². The third-order valence-corrected chi connectivity index (χ3v) is 4.42. The van der Waals surface area contributed by atoms with Crippen LogP contribution in [-0.4, -0.2) is 62.3 Å². The van der Waals surface area contributed by atoms with Crippen molar-refractivity contribution in [3.63, 3.8) is 0 Å². The lowest BCUT2D eigenvalue weighted by atomic mass is 10.0. The molecule has 1 aliphatic heterocycles. The predicted molar refractivity (Wildman–Crippen MR) is 115 cm³/mol. The highest BCUT2D eigenvalue weighted by Crippen LogP contribution is 2.17. The molecule has 0 bridgehead atoms. The molecular formula is C18H39IN4O. The highest BCUT2D eigenvalue weighted by atomic mass is 127. The summed E-state index contributed by atoms with van der Waals surface area (Å²) in [7, 11) is 1.74. The first-order valence-electron chi connectivity index (χ1n) is 9.19. The van der Waals surface area contributed by atoms with E-state index < -0.39 is 0 Å². The minimum absolute atomic E-state index is 0. The van der Waals surface area contributed by atoms with Crippen LogP contribution in [0.15, 0.2) is 4.99 Å². The second kappa shape index (κ2) is 12.3. The molecule has 24 heavy (non-hydrogen) atoms. The molecule has 0 aliphatic carbocycles. The maximum atomic E-state index is 5.45. The number of likely N-dealkylation sites (tertiary alicyclic amines) is 1. The van der Waals surface area contributed by atoms with E-state index in [1.54, 1.807) is 7.11 Å². The molecule has 1 saturated heterocycles. The molecule has 1 fully saturated rings. The van der Waals surface area contributed by atoms with E-state index in [2.05, 4.69) is 55.1 Å². The lowest BCUT2D eigenvalue weighted by Gasteiger charge is -2.30. The van der Waals surface area contributed by atoms with Crippen molar-refractivity contribution in [3.05, 3.63) is 0 Å². The standard InChI is InChI=1S/C18H38N4O.HI/c1-7-19-17(21-14-18(4,5)23-6)20-13-16(12-15(2)3)22-10-8-9-11-22;/h15-16H,7-14H2,1-6H3,(H2,19,20,21);1H. The smallest absolute Gasteiger partial charge is 0.191 e. The van der Waals surface area contributed by atoms with Crippen LogP contribution in [0.5, 0.6) is 0 Å². The number of guanidine groups is 1. The van der Waals surface area contributed by atoms with Gasteiger partial charge in [0.15, 0.2) is 5.96 Å². The lowest BCUT2D eigenvalue weighted by molar-refractivity contribution is 0.0310. The molecule has 2 N–H and O–H groups in total. The zero-order chi connectivity index (χ0) is 17.3. The number of hydrogen-bond acceptors (Lipinski definition) is 3. The van der Waals surface area contributed by atoms with Crippen molar-refractivity contribution in [1.82, 2.24) is 15.5 Å².